The number of aromatic nitrogens is 3. The average Bonchev–Trinajstić information content (AvgIpc) is 2.91. The highest BCUT2D eigenvalue weighted by atomic mass is 35.5. The highest BCUT2D eigenvalue weighted by molar-refractivity contribution is 7.00. The second-order valence-corrected chi connectivity index (χ2v) is 4.79. The molecular weight excluding hydrogens is 282 g/mol. The minimum Gasteiger partial charge on any atom is -0.373 e. The average molecular weight is 292 g/mol. The minimum atomic E-state index is 0.614. The van der Waals surface area contributed by atoms with Crippen LogP contribution in [0.2, 0.25) is 5.02 Å². The Labute approximate surface area is 119 Å². The second kappa shape index (κ2) is 4.99. The summed E-state index contributed by atoms with van der Waals surface area (Å²) in [6.45, 7) is 0. The van der Waals surface area contributed by atoms with Crippen molar-refractivity contribution in [2.45, 2.75) is 0 Å². The molecule has 0 saturated carbocycles. The van der Waals surface area contributed by atoms with E-state index in [0.29, 0.717) is 5.02 Å². The molecule has 0 aliphatic rings. The van der Waals surface area contributed by atoms with Crippen LogP contribution in [0.3, 0.4) is 0 Å². The van der Waals surface area contributed by atoms with E-state index in [4.69, 9.17) is 11.6 Å². The van der Waals surface area contributed by atoms with Crippen LogP contribution in [0.5, 0.6) is 0 Å². The Kier molecular flexibility index (Phi) is 3.18. The molecule has 0 radical (unpaired) electrons. The lowest BCUT2D eigenvalue weighted by atomic mass is 10.2. The number of nitrogens with zero attached hydrogens (tertiary/aromatic N) is 3. The predicted molar refractivity (Wildman–Crippen MR) is 79.5 cm³/mol. The molecule has 0 atom stereocenters. The third-order valence-corrected chi connectivity index (χ3v) is 3.52. The first-order valence-corrected chi connectivity index (χ1v) is 6.70. The normalized spacial score (nSPS) is 10.6. The van der Waals surface area contributed by atoms with Gasteiger partial charge in [0, 0.05) is 25.0 Å². The van der Waals surface area contributed by atoms with Crippen molar-refractivity contribution in [1.82, 2.24) is 13.7 Å². The van der Waals surface area contributed by atoms with E-state index in [1.807, 2.05) is 31.3 Å². The van der Waals surface area contributed by atoms with Crippen LogP contribution >= 0.6 is 23.3 Å². The van der Waals surface area contributed by atoms with Gasteiger partial charge < -0.3 is 10.6 Å². The second-order valence-electron chi connectivity index (χ2n) is 3.86. The molecule has 0 spiro atoms. The SMILES string of the molecule is CNc1cc(Nc2c(Cl)ccc3nsnc23)ccn1. The number of anilines is 3. The van der Waals surface area contributed by atoms with Crippen LogP contribution in [-0.2, 0) is 0 Å². The van der Waals surface area contributed by atoms with Gasteiger partial charge in [-0.1, -0.05) is 11.6 Å². The zero-order valence-electron chi connectivity index (χ0n) is 10.0. The summed E-state index contributed by atoms with van der Waals surface area (Å²) >= 11 is 7.40. The standard InChI is InChI=1S/C12H10ClN5S/c1-14-10-6-7(4-5-15-10)16-11-8(13)2-3-9-12(11)18-19-17-9/h2-6H,1H3,(H2,14,15,16). The summed E-state index contributed by atoms with van der Waals surface area (Å²) in [5.74, 6) is 0.782. The van der Waals surface area contributed by atoms with Crippen molar-refractivity contribution in [3.63, 3.8) is 0 Å². The van der Waals surface area contributed by atoms with Crippen molar-refractivity contribution in [1.29, 1.82) is 0 Å². The highest BCUT2D eigenvalue weighted by Crippen LogP contribution is 2.32. The summed E-state index contributed by atoms with van der Waals surface area (Å²) in [4.78, 5) is 4.16. The van der Waals surface area contributed by atoms with E-state index >= 15 is 0 Å². The zero-order chi connectivity index (χ0) is 13.2. The molecule has 0 aliphatic heterocycles. The maximum absolute atomic E-state index is 6.23. The van der Waals surface area contributed by atoms with E-state index in [2.05, 4.69) is 24.4 Å². The number of rotatable bonds is 3. The van der Waals surface area contributed by atoms with E-state index in [1.165, 1.54) is 11.7 Å². The molecule has 0 fully saturated rings. The summed E-state index contributed by atoms with van der Waals surface area (Å²) in [6.07, 6.45) is 1.72. The molecule has 96 valence electrons. The van der Waals surface area contributed by atoms with Gasteiger partial charge in [-0.15, -0.1) is 0 Å². The van der Waals surface area contributed by atoms with Crippen molar-refractivity contribution in [2.75, 3.05) is 17.7 Å². The number of benzene rings is 1. The molecule has 2 N–H and O–H groups in total. The minimum absolute atomic E-state index is 0.614. The van der Waals surface area contributed by atoms with Gasteiger partial charge in [-0.3, -0.25) is 0 Å². The van der Waals surface area contributed by atoms with Gasteiger partial charge in [0.05, 0.1) is 22.4 Å². The molecule has 0 unspecified atom stereocenters. The van der Waals surface area contributed by atoms with Crippen molar-refractivity contribution < 1.29 is 0 Å². The lowest BCUT2D eigenvalue weighted by Gasteiger charge is -2.09. The van der Waals surface area contributed by atoms with Crippen LogP contribution < -0.4 is 10.6 Å². The molecule has 5 nitrogen and oxygen atoms in total. The molecule has 2 heterocycles. The molecule has 0 aliphatic carbocycles. The fourth-order valence-electron chi connectivity index (χ4n) is 1.74. The van der Waals surface area contributed by atoms with Crippen molar-refractivity contribution in [3.05, 3.63) is 35.5 Å². The number of halogens is 1. The lowest BCUT2D eigenvalue weighted by Crippen LogP contribution is -1.96. The maximum Gasteiger partial charge on any atom is 0.129 e. The quantitative estimate of drug-likeness (QED) is 0.773. The summed E-state index contributed by atoms with van der Waals surface area (Å²) in [5.41, 5.74) is 3.27. The molecule has 7 heteroatoms. The fraction of sp³-hybridized carbons (Fsp3) is 0.0833. The third kappa shape index (κ3) is 2.32. The molecular formula is C12H10ClN5S. The molecule has 1 aromatic carbocycles. The number of hydrogen-bond donors (Lipinski definition) is 2. The van der Waals surface area contributed by atoms with Crippen LogP contribution in [0.25, 0.3) is 11.0 Å². The van der Waals surface area contributed by atoms with E-state index < -0.39 is 0 Å². The first kappa shape index (κ1) is 12.1. The Morgan fingerprint density at radius 2 is 2.11 bits per heavy atom. The van der Waals surface area contributed by atoms with Gasteiger partial charge in [-0.2, -0.15) is 8.75 Å². The number of nitrogens with one attached hydrogen (secondary N) is 2. The van der Waals surface area contributed by atoms with Crippen LogP contribution in [0, 0.1) is 0 Å². The fourth-order valence-corrected chi connectivity index (χ4v) is 2.48. The summed E-state index contributed by atoms with van der Waals surface area (Å²) in [5, 5.41) is 6.87. The van der Waals surface area contributed by atoms with Gasteiger partial charge in [-0.25, -0.2) is 4.98 Å². The van der Waals surface area contributed by atoms with Crippen molar-refractivity contribution in [2.24, 2.45) is 0 Å². The van der Waals surface area contributed by atoms with Gasteiger partial charge in [0.25, 0.3) is 0 Å². The monoisotopic (exact) mass is 291 g/mol. The predicted octanol–water partition coefficient (Wildman–Crippen LogP) is 3.53. The molecule has 2 aromatic heterocycles. The highest BCUT2D eigenvalue weighted by Gasteiger charge is 2.10. The molecule has 0 amide bonds. The van der Waals surface area contributed by atoms with Gasteiger partial charge in [0.1, 0.15) is 16.9 Å². The van der Waals surface area contributed by atoms with E-state index in [9.17, 15) is 0 Å². The van der Waals surface area contributed by atoms with Gasteiger partial charge in [-0.05, 0) is 18.2 Å². The van der Waals surface area contributed by atoms with Crippen LogP contribution in [0.4, 0.5) is 17.2 Å². The Hall–Kier alpha value is -1.92. The maximum atomic E-state index is 6.23. The van der Waals surface area contributed by atoms with Crippen LogP contribution in [-0.4, -0.2) is 20.8 Å². The topological polar surface area (TPSA) is 62.7 Å². The number of hydrogen-bond acceptors (Lipinski definition) is 6. The molecule has 3 aromatic rings. The van der Waals surface area contributed by atoms with Crippen LogP contribution in [0.1, 0.15) is 0 Å². The third-order valence-electron chi connectivity index (χ3n) is 2.66. The van der Waals surface area contributed by atoms with Gasteiger partial charge >= 0.3 is 0 Å². The van der Waals surface area contributed by atoms with E-state index in [0.717, 1.165) is 28.2 Å². The molecule has 0 bridgehead atoms. The largest absolute Gasteiger partial charge is 0.373 e. The van der Waals surface area contributed by atoms with Crippen LogP contribution in [0.15, 0.2) is 30.5 Å². The summed E-state index contributed by atoms with van der Waals surface area (Å²) in [7, 11) is 1.82. The molecule has 0 saturated heterocycles. The summed E-state index contributed by atoms with van der Waals surface area (Å²) in [6, 6.07) is 7.44. The number of pyridine rings is 1. The Morgan fingerprint density at radius 3 is 2.95 bits per heavy atom. The first-order valence-electron chi connectivity index (χ1n) is 5.59. The van der Waals surface area contributed by atoms with E-state index in [-0.39, 0.29) is 0 Å². The van der Waals surface area contributed by atoms with Gasteiger partial charge in [0.2, 0.25) is 0 Å². The summed E-state index contributed by atoms with van der Waals surface area (Å²) < 4.78 is 8.47. The lowest BCUT2D eigenvalue weighted by molar-refractivity contribution is 1.28. The van der Waals surface area contributed by atoms with Crippen molar-refractivity contribution in [3.8, 4) is 0 Å². The Morgan fingerprint density at radius 1 is 1.21 bits per heavy atom. The first-order chi connectivity index (χ1) is 9.28. The van der Waals surface area contributed by atoms with E-state index in [1.54, 1.807) is 6.20 Å². The van der Waals surface area contributed by atoms with Crippen molar-refractivity contribution >= 4 is 51.6 Å². The Bertz CT molecular complexity index is 727. The van der Waals surface area contributed by atoms with Gasteiger partial charge in [0.15, 0.2) is 0 Å². The smallest absolute Gasteiger partial charge is 0.129 e. The Balaban J connectivity index is 2.04. The zero-order valence-corrected chi connectivity index (χ0v) is 11.6. The molecule has 3 rings (SSSR count). The number of fused-ring (bicyclic) bond motifs is 1. The molecule has 19 heavy (non-hydrogen) atoms.